The number of carbonyl (C=O) groups is 1. The van der Waals surface area contributed by atoms with Gasteiger partial charge in [-0.25, -0.2) is 4.79 Å². The van der Waals surface area contributed by atoms with Crippen LogP contribution in [0.25, 0.3) is 0 Å². The number of aryl methyl sites for hydroxylation is 1. The molecule has 0 atom stereocenters. The first-order chi connectivity index (χ1) is 10.5. The number of nitrogens with zero attached hydrogens (tertiary/aromatic N) is 1. The molecule has 0 fully saturated rings. The van der Waals surface area contributed by atoms with Gasteiger partial charge < -0.3 is 14.8 Å². The Morgan fingerprint density at radius 1 is 1.27 bits per heavy atom. The smallest absolute Gasteiger partial charge is 0.328 e. The third-order valence-electron chi connectivity index (χ3n) is 3.26. The van der Waals surface area contributed by atoms with Crippen LogP contribution in [-0.2, 0) is 24.2 Å². The lowest BCUT2D eigenvalue weighted by atomic mass is 10.1. The van der Waals surface area contributed by atoms with E-state index in [1.165, 1.54) is 0 Å². The Balaban J connectivity index is 2.19. The molecule has 0 aliphatic rings. The molecule has 2 rings (SSSR count). The van der Waals surface area contributed by atoms with E-state index < -0.39 is 23.6 Å². The van der Waals surface area contributed by atoms with E-state index >= 15 is 0 Å². The molecule has 7 nitrogen and oxygen atoms in total. The number of aromatic amines is 1. The fourth-order valence-electron chi connectivity index (χ4n) is 2.08. The normalized spacial score (nSPS) is 10.4. The second kappa shape index (κ2) is 6.75. The van der Waals surface area contributed by atoms with Crippen molar-refractivity contribution in [1.82, 2.24) is 9.55 Å². The third kappa shape index (κ3) is 3.63. The van der Waals surface area contributed by atoms with Crippen LogP contribution in [0.5, 0.6) is 5.75 Å². The number of carboxylic acid groups (broad SMARTS) is 1. The Bertz CT molecular complexity index is 774. The SMILES string of the molecule is COc1ccc(CCn2c(=O)[nH]cc(CC(=O)O)c2=O)cc1. The van der Waals surface area contributed by atoms with Crippen LogP contribution >= 0.6 is 0 Å². The lowest BCUT2D eigenvalue weighted by Gasteiger charge is -2.07. The third-order valence-corrected chi connectivity index (χ3v) is 3.26. The molecule has 0 radical (unpaired) electrons. The minimum absolute atomic E-state index is 0.0573. The molecular weight excluding hydrogens is 288 g/mol. The van der Waals surface area contributed by atoms with E-state index in [2.05, 4.69) is 4.98 Å². The standard InChI is InChI=1S/C15H16N2O5/c1-22-12-4-2-10(3-5-12)6-7-17-14(20)11(8-13(18)19)9-16-15(17)21/h2-5,9H,6-8H2,1H3,(H,16,21)(H,18,19). The number of hydrogen-bond donors (Lipinski definition) is 2. The summed E-state index contributed by atoms with van der Waals surface area (Å²) in [4.78, 5) is 36.9. The van der Waals surface area contributed by atoms with Crippen LogP contribution in [0, 0.1) is 0 Å². The monoisotopic (exact) mass is 304 g/mol. The van der Waals surface area contributed by atoms with Gasteiger partial charge in [-0.05, 0) is 24.1 Å². The van der Waals surface area contributed by atoms with Crippen LogP contribution in [0.4, 0.5) is 0 Å². The van der Waals surface area contributed by atoms with Crippen LogP contribution in [0.1, 0.15) is 11.1 Å². The largest absolute Gasteiger partial charge is 0.497 e. The van der Waals surface area contributed by atoms with Gasteiger partial charge in [-0.1, -0.05) is 12.1 Å². The van der Waals surface area contributed by atoms with E-state index in [0.29, 0.717) is 6.42 Å². The lowest BCUT2D eigenvalue weighted by molar-refractivity contribution is -0.136. The van der Waals surface area contributed by atoms with E-state index in [4.69, 9.17) is 9.84 Å². The van der Waals surface area contributed by atoms with Crippen LogP contribution < -0.4 is 16.0 Å². The van der Waals surface area contributed by atoms with Gasteiger partial charge in [0.2, 0.25) is 0 Å². The summed E-state index contributed by atoms with van der Waals surface area (Å²) in [6.07, 6.45) is 1.21. The molecular formula is C15H16N2O5. The Labute approximate surface area is 125 Å². The predicted octanol–water partition coefficient (Wildman–Crippen LogP) is 0.415. The number of nitrogens with one attached hydrogen (secondary N) is 1. The number of rotatable bonds is 6. The number of benzene rings is 1. The summed E-state index contributed by atoms with van der Waals surface area (Å²) < 4.78 is 6.07. The summed E-state index contributed by atoms with van der Waals surface area (Å²) in [5.74, 6) is -0.395. The van der Waals surface area contributed by atoms with E-state index in [1.807, 2.05) is 12.1 Å². The van der Waals surface area contributed by atoms with Gasteiger partial charge in [-0.3, -0.25) is 14.2 Å². The molecule has 7 heteroatoms. The van der Waals surface area contributed by atoms with Gasteiger partial charge >= 0.3 is 11.7 Å². The number of hydrogen-bond acceptors (Lipinski definition) is 4. The molecule has 2 N–H and O–H groups in total. The zero-order valence-corrected chi connectivity index (χ0v) is 12.0. The molecule has 116 valence electrons. The minimum Gasteiger partial charge on any atom is -0.497 e. The molecule has 0 spiro atoms. The lowest BCUT2D eigenvalue weighted by Crippen LogP contribution is -2.37. The summed E-state index contributed by atoms with van der Waals surface area (Å²) >= 11 is 0. The summed E-state index contributed by atoms with van der Waals surface area (Å²) in [5.41, 5.74) is -0.120. The maximum atomic E-state index is 12.1. The summed E-state index contributed by atoms with van der Waals surface area (Å²) in [6.45, 7) is 0.175. The summed E-state index contributed by atoms with van der Waals surface area (Å²) in [6, 6.07) is 7.28. The molecule has 0 aliphatic carbocycles. The van der Waals surface area contributed by atoms with Crippen molar-refractivity contribution < 1.29 is 14.6 Å². The first kappa shape index (κ1) is 15.6. The Hall–Kier alpha value is -2.83. The minimum atomic E-state index is -1.12. The topological polar surface area (TPSA) is 101 Å². The summed E-state index contributed by atoms with van der Waals surface area (Å²) in [7, 11) is 1.57. The van der Waals surface area contributed by atoms with Gasteiger partial charge in [0, 0.05) is 18.3 Å². The van der Waals surface area contributed by atoms with Crippen molar-refractivity contribution in [1.29, 1.82) is 0 Å². The Morgan fingerprint density at radius 2 is 1.95 bits per heavy atom. The quantitative estimate of drug-likeness (QED) is 0.805. The van der Waals surface area contributed by atoms with E-state index in [-0.39, 0.29) is 12.1 Å². The average molecular weight is 304 g/mol. The maximum absolute atomic E-state index is 12.1. The first-order valence-corrected chi connectivity index (χ1v) is 6.67. The van der Waals surface area contributed by atoms with Gasteiger partial charge in [0.15, 0.2) is 0 Å². The second-order valence-electron chi connectivity index (χ2n) is 4.74. The fourth-order valence-corrected chi connectivity index (χ4v) is 2.08. The van der Waals surface area contributed by atoms with Crippen LogP contribution in [0.2, 0.25) is 0 Å². The van der Waals surface area contributed by atoms with Crippen LogP contribution in [0.3, 0.4) is 0 Å². The number of carboxylic acids is 1. The average Bonchev–Trinajstić information content (AvgIpc) is 2.50. The Kier molecular flexibility index (Phi) is 4.77. The number of ether oxygens (including phenoxy) is 1. The van der Waals surface area contributed by atoms with Crippen LogP contribution in [0.15, 0.2) is 40.1 Å². The molecule has 1 aromatic carbocycles. The van der Waals surface area contributed by atoms with Crippen molar-refractivity contribution in [2.75, 3.05) is 7.11 Å². The van der Waals surface area contributed by atoms with Crippen molar-refractivity contribution >= 4 is 5.97 Å². The zero-order chi connectivity index (χ0) is 16.1. The molecule has 1 heterocycles. The van der Waals surface area contributed by atoms with E-state index in [9.17, 15) is 14.4 Å². The van der Waals surface area contributed by atoms with Gasteiger partial charge in [0.25, 0.3) is 5.56 Å². The highest BCUT2D eigenvalue weighted by Crippen LogP contribution is 2.11. The molecule has 0 unspecified atom stereocenters. The highest BCUT2D eigenvalue weighted by atomic mass is 16.5. The van der Waals surface area contributed by atoms with Crippen LogP contribution in [-0.4, -0.2) is 27.7 Å². The molecule has 0 aliphatic heterocycles. The van der Waals surface area contributed by atoms with Crippen molar-refractivity contribution in [2.45, 2.75) is 19.4 Å². The molecule has 22 heavy (non-hydrogen) atoms. The van der Waals surface area contributed by atoms with E-state index in [0.717, 1.165) is 22.1 Å². The van der Waals surface area contributed by atoms with Crippen molar-refractivity contribution in [3.05, 3.63) is 62.4 Å². The molecule has 0 saturated carbocycles. The van der Waals surface area contributed by atoms with Crippen molar-refractivity contribution in [3.8, 4) is 5.75 Å². The van der Waals surface area contributed by atoms with Gasteiger partial charge in [0.1, 0.15) is 5.75 Å². The first-order valence-electron chi connectivity index (χ1n) is 6.67. The van der Waals surface area contributed by atoms with Gasteiger partial charge in [-0.2, -0.15) is 0 Å². The van der Waals surface area contributed by atoms with E-state index in [1.54, 1.807) is 19.2 Å². The molecule has 0 amide bonds. The second-order valence-corrected chi connectivity index (χ2v) is 4.74. The highest BCUT2D eigenvalue weighted by molar-refractivity contribution is 5.69. The predicted molar refractivity (Wildman–Crippen MR) is 79.4 cm³/mol. The summed E-state index contributed by atoms with van der Waals surface area (Å²) in [5, 5.41) is 8.76. The van der Waals surface area contributed by atoms with Crippen molar-refractivity contribution in [2.24, 2.45) is 0 Å². The number of H-pyrrole nitrogens is 1. The molecule has 1 aromatic heterocycles. The molecule has 2 aromatic rings. The fraction of sp³-hybridized carbons (Fsp3) is 0.267. The van der Waals surface area contributed by atoms with Crippen molar-refractivity contribution in [3.63, 3.8) is 0 Å². The molecule has 0 bridgehead atoms. The number of aromatic nitrogens is 2. The maximum Gasteiger partial charge on any atom is 0.328 e. The Morgan fingerprint density at radius 3 is 2.55 bits per heavy atom. The highest BCUT2D eigenvalue weighted by Gasteiger charge is 2.10. The zero-order valence-electron chi connectivity index (χ0n) is 12.0. The van der Waals surface area contributed by atoms with Gasteiger partial charge in [0.05, 0.1) is 13.5 Å². The molecule has 0 saturated heterocycles. The van der Waals surface area contributed by atoms with Gasteiger partial charge in [-0.15, -0.1) is 0 Å². The number of aliphatic carboxylic acids is 1. The number of methoxy groups -OCH3 is 1.